The van der Waals surface area contributed by atoms with E-state index in [1.807, 2.05) is 12.1 Å². The Morgan fingerprint density at radius 3 is 1.95 bits per heavy atom. The molecule has 0 aliphatic heterocycles. The van der Waals surface area contributed by atoms with Crippen molar-refractivity contribution in [3.8, 4) is 6.07 Å². The van der Waals surface area contributed by atoms with Crippen molar-refractivity contribution in [2.75, 3.05) is 19.8 Å². The van der Waals surface area contributed by atoms with Crippen molar-refractivity contribution in [2.24, 2.45) is 11.0 Å². The smallest absolute Gasteiger partial charge is 0.261 e. The Balaban J connectivity index is 0.00000242. The molecule has 0 radical (unpaired) electrons. The van der Waals surface area contributed by atoms with Gasteiger partial charge in [0, 0.05) is 25.0 Å². The Kier molecular flexibility index (Phi) is 17.1. The van der Waals surface area contributed by atoms with E-state index in [2.05, 4.69) is 93.2 Å². The summed E-state index contributed by atoms with van der Waals surface area (Å²) in [5, 5.41) is 13.7. The Hall–Kier alpha value is -2.62. The van der Waals surface area contributed by atoms with Gasteiger partial charge in [-0.3, -0.25) is 0 Å². The van der Waals surface area contributed by atoms with Crippen LogP contribution >= 0.6 is 0 Å². The molecule has 214 valence electrons. The molecule has 2 rings (SSSR count). The lowest BCUT2D eigenvalue weighted by Gasteiger charge is -2.43. The Morgan fingerprint density at radius 1 is 0.923 bits per heavy atom. The first kappa shape index (κ1) is 34.4. The van der Waals surface area contributed by atoms with Gasteiger partial charge >= 0.3 is 0 Å². The van der Waals surface area contributed by atoms with Crippen LogP contribution in [0.25, 0.3) is 10.4 Å². The van der Waals surface area contributed by atoms with Crippen molar-refractivity contribution in [3.63, 3.8) is 0 Å². The summed E-state index contributed by atoms with van der Waals surface area (Å²) < 4.78 is 12.9. The van der Waals surface area contributed by atoms with E-state index < -0.39 is 8.32 Å². The number of rotatable bonds is 17. The minimum atomic E-state index is -2.67. The molecule has 0 fully saturated rings. The zero-order chi connectivity index (χ0) is 29.0. The van der Waals surface area contributed by atoms with Crippen LogP contribution in [-0.4, -0.2) is 34.2 Å². The van der Waals surface area contributed by atoms with E-state index in [9.17, 15) is 5.53 Å². The highest BCUT2D eigenvalue weighted by Gasteiger charge is 2.50. The molecule has 0 bridgehead atoms. The summed E-state index contributed by atoms with van der Waals surface area (Å²) in [6.07, 6.45) is 8.89. The number of unbranched alkanes of at least 4 members (excludes halogenated alkanes) is 4. The largest absolute Gasteiger partial charge is 0.407 e. The van der Waals surface area contributed by atoms with E-state index >= 15 is 0 Å². The van der Waals surface area contributed by atoms with E-state index in [1.54, 1.807) is 6.07 Å². The van der Waals surface area contributed by atoms with Crippen molar-refractivity contribution in [1.82, 2.24) is 0 Å². The molecule has 0 aliphatic rings. The second kappa shape index (κ2) is 19.4. The van der Waals surface area contributed by atoms with Gasteiger partial charge in [-0.15, -0.1) is 0 Å². The van der Waals surface area contributed by atoms with Crippen LogP contribution in [0.1, 0.15) is 86.5 Å². The number of nitriles is 1. The van der Waals surface area contributed by atoms with Gasteiger partial charge in [-0.05, 0) is 33.3 Å². The summed E-state index contributed by atoms with van der Waals surface area (Å²) in [5.74, 6) is 0.651. The minimum Gasteiger partial charge on any atom is -0.407 e. The summed E-state index contributed by atoms with van der Waals surface area (Å²) in [4.78, 5) is 3.10. The highest BCUT2D eigenvalue weighted by atomic mass is 28.4. The molecule has 0 aromatic heterocycles. The van der Waals surface area contributed by atoms with Crippen LogP contribution in [0.4, 0.5) is 0 Å². The average molecular weight is 551 g/mol. The third-order valence-corrected chi connectivity index (χ3v) is 12.0. The Labute approximate surface area is 238 Å². The van der Waals surface area contributed by atoms with Crippen molar-refractivity contribution in [1.29, 1.82) is 5.26 Å². The molecule has 6 nitrogen and oxygen atoms in total. The van der Waals surface area contributed by atoms with Crippen molar-refractivity contribution in [3.05, 3.63) is 71.1 Å². The summed E-state index contributed by atoms with van der Waals surface area (Å²) in [6, 6.07) is 22.5. The van der Waals surface area contributed by atoms with Gasteiger partial charge in [0.1, 0.15) is 0 Å². The fraction of sp³-hybridized carbons (Fsp3) is 0.594. The molecule has 0 saturated carbocycles. The Bertz CT molecular complexity index is 943. The topological polar surface area (TPSA) is 91.0 Å². The lowest BCUT2D eigenvalue weighted by molar-refractivity contribution is 0.0935. The Morgan fingerprint density at radius 2 is 1.46 bits per heavy atom. The van der Waals surface area contributed by atoms with Crippen molar-refractivity contribution >= 4 is 18.7 Å². The molecule has 0 N–H and O–H groups in total. The summed E-state index contributed by atoms with van der Waals surface area (Å²) >= 11 is 0. The maximum atomic E-state index is 9.22. The monoisotopic (exact) mass is 550 g/mol. The molecule has 1 unspecified atom stereocenters. The van der Waals surface area contributed by atoms with E-state index in [-0.39, 0.29) is 11.1 Å². The number of ether oxygens (including phenoxy) is 1. The van der Waals surface area contributed by atoms with Crippen molar-refractivity contribution < 1.29 is 9.16 Å². The first-order valence-corrected chi connectivity index (χ1v) is 16.3. The zero-order valence-corrected chi connectivity index (χ0v) is 26.1. The number of hydrogen-bond donors (Lipinski definition) is 0. The van der Waals surface area contributed by atoms with Gasteiger partial charge < -0.3 is 9.16 Å². The van der Waals surface area contributed by atoms with Crippen LogP contribution in [0.2, 0.25) is 5.04 Å². The molecule has 2 atom stereocenters. The quantitative estimate of drug-likeness (QED) is 0.0653. The average Bonchev–Trinajstić information content (AvgIpc) is 2.92. The predicted molar refractivity (Wildman–Crippen MR) is 166 cm³/mol. The summed E-state index contributed by atoms with van der Waals surface area (Å²) in [6.45, 7) is 14.2. The third-order valence-electron chi connectivity index (χ3n) is 6.99. The van der Waals surface area contributed by atoms with E-state index in [4.69, 9.17) is 14.4 Å². The number of benzene rings is 2. The molecule has 2 aromatic rings. The SMILES string of the molecule is CC#N.CCCCCCC[C@@H](C)CCOCC(CO[Si](c1ccccc1)(c1ccccc1)C(C)(C)C)N=[N+]=[N-]. The van der Waals surface area contributed by atoms with Crippen LogP contribution in [0.5, 0.6) is 0 Å². The molecular formula is C32H50N4O2Si. The number of hydrogen-bond acceptors (Lipinski definition) is 4. The summed E-state index contributed by atoms with van der Waals surface area (Å²) in [5.41, 5.74) is 9.22. The molecule has 7 heteroatoms. The number of nitrogens with zero attached hydrogens (tertiary/aromatic N) is 4. The van der Waals surface area contributed by atoms with Crippen molar-refractivity contribution in [2.45, 2.75) is 97.6 Å². The molecular weight excluding hydrogens is 500 g/mol. The highest BCUT2D eigenvalue weighted by Crippen LogP contribution is 2.36. The van der Waals surface area contributed by atoms with Gasteiger partial charge in [-0.1, -0.05) is 139 Å². The van der Waals surface area contributed by atoms with E-state index in [1.165, 1.54) is 55.8 Å². The van der Waals surface area contributed by atoms with Crippen LogP contribution < -0.4 is 10.4 Å². The highest BCUT2D eigenvalue weighted by molar-refractivity contribution is 6.99. The van der Waals surface area contributed by atoms with Gasteiger partial charge in [0.2, 0.25) is 0 Å². The summed E-state index contributed by atoms with van der Waals surface area (Å²) in [7, 11) is -2.67. The molecule has 39 heavy (non-hydrogen) atoms. The molecule has 0 heterocycles. The maximum absolute atomic E-state index is 9.22. The van der Waals surface area contributed by atoms with Gasteiger partial charge in [0.15, 0.2) is 0 Å². The molecule has 0 spiro atoms. The van der Waals surface area contributed by atoms with E-state index in [0.29, 0.717) is 25.7 Å². The van der Waals surface area contributed by atoms with E-state index in [0.717, 1.165) is 6.42 Å². The fourth-order valence-electron chi connectivity index (χ4n) is 4.92. The van der Waals surface area contributed by atoms with Gasteiger partial charge in [-0.25, -0.2) is 0 Å². The maximum Gasteiger partial charge on any atom is 0.261 e. The van der Waals surface area contributed by atoms with Crippen LogP contribution in [0.3, 0.4) is 0 Å². The predicted octanol–water partition coefficient (Wildman–Crippen LogP) is 8.18. The number of azide groups is 1. The van der Waals surface area contributed by atoms with Gasteiger partial charge in [0.25, 0.3) is 8.32 Å². The second-order valence-corrected chi connectivity index (χ2v) is 15.5. The van der Waals surface area contributed by atoms with Gasteiger partial charge in [0.05, 0.1) is 18.7 Å². The first-order chi connectivity index (χ1) is 18.8. The second-order valence-electron chi connectivity index (χ2n) is 11.2. The lowest BCUT2D eigenvalue weighted by Crippen LogP contribution is -2.67. The zero-order valence-electron chi connectivity index (χ0n) is 25.1. The first-order valence-electron chi connectivity index (χ1n) is 14.4. The van der Waals surface area contributed by atoms with Gasteiger partial charge in [-0.2, -0.15) is 5.26 Å². The normalized spacial score (nSPS) is 12.8. The van der Waals surface area contributed by atoms with Crippen LogP contribution in [-0.2, 0) is 9.16 Å². The minimum absolute atomic E-state index is 0.121. The lowest BCUT2D eigenvalue weighted by atomic mass is 9.99. The van der Waals surface area contributed by atoms with Crippen LogP contribution in [0.15, 0.2) is 65.8 Å². The molecule has 0 saturated heterocycles. The third kappa shape index (κ3) is 12.0. The molecule has 2 aromatic carbocycles. The molecule has 0 aliphatic carbocycles. The molecule has 0 amide bonds. The van der Waals surface area contributed by atoms with Crippen LogP contribution in [0, 0.1) is 17.2 Å². The standard InChI is InChI=1S/C30H47N3O2Si.C2H3N/c1-6-7-8-9-12-17-26(2)22-23-34-24-27(32-33-31)25-35-36(30(3,4)5,28-18-13-10-14-19-28)29-20-15-11-16-21-29;1-2-3/h10-11,13-16,18-21,26-27H,6-9,12,17,22-25H2,1-5H3;1H3/t26-,27?;/m1./s1. The fourth-order valence-corrected chi connectivity index (χ4v) is 9.51.